The monoisotopic (exact) mass is 376 g/mol. The minimum atomic E-state index is -1.09. The van der Waals surface area contributed by atoms with E-state index in [1.807, 2.05) is 6.07 Å². The molecule has 0 aromatic heterocycles. The third-order valence-corrected chi connectivity index (χ3v) is 4.83. The average molecular weight is 376 g/mol. The van der Waals surface area contributed by atoms with E-state index in [-0.39, 0.29) is 30.8 Å². The van der Waals surface area contributed by atoms with E-state index in [0.717, 1.165) is 12.8 Å². The van der Waals surface area contributed by atoms with Crippen LogP contribution in [0.25, 0.3) is 0 Å². The summed E-state index contributed by atoms with van der Waals surface area (Å²) in [5.41, 5.74) is 11.9. The Morgan fingerprint density at radius 3 is 2.56 bits per heavy atom. The summed E-state index contributed by atoms with van der Waals surface area (Å²) in [5.74, 6) is -1.69. The van der Waals surface area contributed by atoms with Gasteiger partial charge in [0.2, 0.25) is 5.91 Å². The topological polar surface area (TPSA) is 139 Å². The van der Waals surface area contributed by atoms with Gasteiger partial charge in [-0.1, -0.05) is 24.6 Å². The van der Waals surface area contributed by atoms with Crippen LogP contribution in [0, 0.1) is 0 Å². The van der Waals surface area contributed by atoms with Crippen LogP contribution in [-0.4, -0.2) is 59.0 Å². The minimum Gasteiger partial charge on any atom is -0.480 e. The van der Waals surface area contributed by atoms with Crippen molar-refractivity contribution < 1.29 is 19.5 Å². The second-order valence-corrected chi connectivity index (χ2v) is 6.84. The smallest absolute Gasteiger partial charge is 0.326 e. The molecule has 3 atom stereocenters. The van der Waals surface area contributed by atoms with Gasteiger partial charge >= 0.3 is 5.97 Å². The largest absolute Gasteiger partial charge is 0.480 e. The number of nitrogens with two attached hydrogens (primary N) is 2. The van der Waals surface area contributed by atoms with Crippen molar-refractivity contribution in [2.45, 2.75) is 50.2 Å². The highest BCUT2D eigenvalue weighted by molar-refractivity contribution is 5.94. The number of nitrogens with zero attached hydrogens (tertiary/aromatic N) is 1. The maximum atomic E-state index is 12.6. The lowest BCUT2D eigenvalue weighted by atomic mass is 9.95. The zero-order valence-electron chi connectivity index (χ0n) is 15.3. The van der Waals surface area contributed by atoms with Crippen molar-refractivity contribution in [2.75, 3.05) is 13.1 Å². The van der Waals surface area contributed by atoms with Gasteiger partial charge in [-0.2, -0.15) is 0 Å². The van der Waals surface area contributed by atoms with Gasteiger partial charge < -0.3 is 26.8 Å². The molecular formula is C19H28N4O4. The molecule has 27 heavy (non-hydrogen) atoms. The number of carboxylic acids is 1. The van der Waals surface area contributed by atoms with Crippen LogP contribution >= 0.6 is 0 Å². The fourth-order valence-corrected chi connectivity index (χ4v) is 3.30. The SMILES string of the molecule is NCCCCC(N)C(=O)N1CCC(NC(=O)c2ccccc2)CC1C(=O)O. The first-order valence-electron chi connectivity index (χ1n) is 9.29. The predicted octanol–water partition coefficient (Wildman–Crippen LogP) is 0.317. The summed E-state index contributed by atoms with van der Waals surface area (Å²) in [7, 11) is 0. The Morgan fingerprint density at radius 2 is 1.93 bits per heavy atom. The number of unbranched alkanes of at least 4 members (excludes halogenated alkanes) is 1. The van der Waals surface area contributed by atoms with Crippen LogP contribution in [-0.2, 0) is 9.59 Å². The van der Waals surface area contributed by atoms with E-state index in [9.17, 15) is 19.5 Å². The van der Waals surface area contributed by atoms with E-state index in [1.54, 1.807) is 24.3 Å². The lowest BCUT2D eigenvalue weighted by Gasteiger charge is -2.38. The second kappa shape index (κ2) is 10.0. The number of carbonyl (C=O) groups is 3. The van der Waals surface area contributed by atoms with Gasteiger partial charge in [0.05, 0.1) is 6.04 Å². The Hall–Kier alpha value is -2.45. The van der Waals surface area contributed by atoms with Crippen molar-refractivity contribution in [3.8, 4) is 0 Å². The molecule has 2 rings (SSSR count). The van der Waals surface area contributed by atoms with Gasteiger partial charge in [0.15, 0.2) is 0 Å². The number of benzene rings is 1. The second-order valence-electron chi connectivity index (χ2n) is 6.84. The molecule has 1 saturated heterocycles. The van der Waals surface area contributed by atoms with Crippen LogP contribution in [0.1, 0.15) is 42.5 Å². The van der Waals surface area contributed by atoms with Gasteiger partial charge in [-0.05, 0) is 44.4 Å². The van der Waals surface area contributed by atoms with Crippen molar-refractivity contribution in [2.24, 2.45) is 11.5 Å². The summed E-state index contributed by atoms with van der Waals surface area (Å²) in [6.45, 7) is 0.783. The molecule has 1 aliphatic heterocycles. The molecule has 1 fully saturated rings. The number of aliphatic carboxylic acids is 1. The molecule has 0 aliphatic carbocycles. The van der Waals surface area contributed by atoms with Crippen molar-refractivity contribution in [1.29, 1.82) is 0 Å². The average Bonchev–Trinajstić information content (AvgIpc) is 2.68. The van der Waals surface area contributed by atoms with Crippen molar-refractivity contribution in [1.82, 2.24) is 10.2 Å². The van der Waals surface area contributed by atoms with E-state index in [1.165, 1.54) is 4.90 Å². The number of hydrogen-bond acceptors (Lipinski definition) is 5. The fourth-order valence-electron chi connectivity index (χ4n) is 3.30. The van der Waals surface area contributed by atoms with Crippen molar-refractivity contribution >= 4 is 17.8 Å². The summed E-state index contributed by atoms with van der Waals surface area (Å²) in [5, 5.41) is 12.4. The molecule has 0 spiro atoms. The molecule has 1 aliphatic rings. The predicted molar refractivity (Wildman–Crippen MR) is 101 cm³/mol. The number of carbonyl (C=O) groups excluding carboxylic acids is 2. The Kier molecular flexibility index (Phi) is 7.75. The van der Waals surface area contributed by atoms with E-state index in [2.05, 4.69) is 5.32 Å². The molecule has 8 nitrogen and oxygen atoms in total. The molecule has 2 amide bonds. The highest BCUT2D eigenvalue weighted by atomic mass is 16.4. The molecule has 3 unspecified atom stereocenters. The molecule has 0 bridgehead atoms. The van der Waals surface area contributed by atoms with Crippen LogP contribution in [0.5, 0.6) is 0 Å². The fraction of sp³-hybridized carbons (Fsp3) is 0.526. The first-order chi connectivity index (χ1) is 12.9. The zero-order valence-corrected chi connectivity index (χ0v) is 15.3. The zero-order chi connectivity index (χ0) is 19.8. The molecule has 1 heterocycles. The third-order valence-electron chi connectivity index (χ3n) is 4.83. The highest BCUT2D eigenvalue weighted by Gasteiger charge is 2.38. The van der Waals surface area contributed by atoms with Gasteiger partial charge in [-0.25, -0.2) is 4.79 Å². The van der Waals surface area contributed by atoms with Crippen LogP contribution in [0.3, 0.4) is 0 Å². The van der Waals surface area contributed by atoms with Crippen LogP contribution in [0.15, 0.2) is 30.3 Å². The number of amides is 2. The molecule has 1 aromatic carbocycles. The van der Waals surface area contributed by atoms with Crippen LogP contribution in [0.4, 0.5) is 0 Å². The maximum absolute atomic E-state index is 12.6. The Morgan fingerprint density at radius 1 is 1.22 bits per heavy atom. The normalized spacial score (nSPS) is 20.7. The van der Waals surface area contributed by atoms with E-state index in [0.29, 0.717) is 24.9 Å². The number of carboxylic acid groups (broad SMARTS) is 1. The van der Waals surface area contributed by atoms with E-state index >= 15 is 0 Å². The van der Waals surface area contributed by atoms with Gasteiger partial charge in [-0.3, -0.25) is 9.59 Å². The molecule has 0 saturated carbocycles. The summed E-state index contributed by atoms with van der Waals surface area (Å²) in [6, 6.07) is 6.72. The van der Waals surface area contributed by atoms with E-state index < -0.39 is 18.1 Å². The van der Waals surface area contributed by atoms with Crippen molar-refractivity contribution in [3.05, 3.63) is 35.9 Å². The van der Waals surface area contributed by atoms with Gasteiger partial charge in [0, 0.05) is 18.2 Å². The van der Waals surface area contributed by atoms with E-state index in [4.69, 9.17) is 11.5 Å². The number of nitrogens with one attached hydrogen (secondary N) is 1. The summed E-state index contributed by atoms with van der Waals surface area (Å²) >= 11 is 0. The van der Waals surface area contributed by atoms with Crippen molar-refractivity contribution in [3.63, 3.8) is 0 Å². The highest BCUT2D eigenvalue weighted by Crippen LogP contribution is 2.20. The summed E-state index contributed by atoms with van der Waals surface area (Å²) in [4.78, 5) is 37.9. The lowest BCUT2D eigenvalue weighted by molar-refractivity contribution is -0.153. The molecule has 8 heteroatoms. The Balaban J connectivity index is 1.97. The first kappa shape index (κ1) is 20.9. The molecule has 148 valence electrons. The third kappa shape index (κ3) is 5.77. The van der Waals surface area contributed by atoms with Gasteiger partial charge in [0.1, 0.15) is 6.04 Å². The number of hydrogen-bond donors (Lipinski definition) is 4. The quantitative estimate of drug-likeness (QED) is 0.482. The number of piperidine rings is 1. The Labute approximate surface area is 158 Å². The van der Waals surface area contributed by atoms with Gasteiger partial charge in [0.25, 0.3) is 5.91 Å². The first-order valence-corrected chi connectivity index (χ1v) is 9.29. The standard InChI is InChI=1S/C19H28N4O4/c20-10-5-4-8-15(21)18(25)23-11-9-14(12-16(23)19(26)27)22-17(24)13-6-2-1-3-7-13/h1-3,6-7,14-16H,4-5,8-12,20-21H2,(H,22,24)(H,26,27). The lowest BCUT2D eigenvalue weighted by Crippen LogP contribution is -2.58. The molecule has 0 radical (unpaired) electrons. The van der Waals surface area contributed by atoms with Crippen LogP contribution < -0.4 is 16.8 Å². The van der Waals surface area contributed by atoms with Gasteiger partial charge in [-0.15, -0.1) is 0 Å². The van der Waals surface area contributed by atoms with Crippen LogP contribution in [0.2, 0.25) is 0 Å². The molecule has 6 N–H and O–H groups in total. The number of rotatable bonds is 8. The Bertz CT molecular complexity index is 652. The number of likely N-dealkylation sites (tertiary alicyclic amines) is 1. The molecular weight excluding hydrogens is 348 g/mol. The minimum absolute atomic E-state index is 0.162. The maximum Gasteiger partial charge on any atom is 0.326 e. The molecule has 1 aromatic rings. The summed E-state index contributed by atoms with van der Waals surface area (Å²) in [6.07, 6.45) is 2.63. The summed E-state index contributed by atoms with van der Waals surface area (Å²) < 4.78 is 0.